The standard InChI is InChI=1S/C21H25ClO3/c1-4-24-20(23)14-13-17-18(22)11-8-12-19(17)25-15-21(2,3)16-9-6-5-7-10-16/h5-12H,4,13-15H2,1-3H3. The maximum Gasteiger partial charge on any atom is 0.306 e. The van der Waals surface area contributed by atoms with E-state index in [9.17, 15) is 4.79 Å². The van der Waals surface area contributed by atoms with Crippen molar-refractivity contribution in [3.8, 4) is 5.75 Å². The summed E-state index contributed by atoms with van der Waals surface area (Å²) in [7, 11) is 0. The average molecular weight is 361 g/mol. The van der Waals surface area contributed by atoms with Gasteiger partial charge in [-0.3, -0.25) is 4.79 Å². The Morgan fingerprint density at radius 2 is 1.80 bits per heavy atom. The van der Waals surface area contributed by atoms with E-state index in [1.165, 1.54) is 5.56 Å². The maximum atomic E-state index is 11.6. The van der Waals surface area contributed by atoms with Crippen molar-refractivity contribution in [1.29, 1.82) is 0 Å². The fourth-order valence-electron chi connectivity index (χ4n) is 2.61. The van der Waals surface area contributed by atoms with E-state index in [4.69, 9.17) is 21.1 Å². The molecule has 0 spiro atoms. The first-order chi connectivity index (χ1) is 11.9. The van der Waals surface area contributed by atoms with E-state index in [1.54, 1.807) is 6.92 Å². The number of hydrogen-bond acceptors (Lipinski definition) is 3. The summed E-state index contributed by atoms with van der Waals surface area (Å²) in [6.07, 6.45) is 0.787. The number of hydrogen-bond donors (Lipinski definition) is 0. The summed E-state index contributed by atoms with van der Waals surface area (Å²) in [5.74, 6) is 0.499. The molecule has 0 aromatic heterocycles. The van der Waals surface area contributed by atoms with Gasteiger partial charge in [0.1, 0.15) is 5.75 Å². The van der Waals surface area contributed by atoms with Gasteiger partial charge in [0.25, 0.3) is 0 Å². The van der Waals surface area contributed by atoms with Gasteiger partial charge in [-0.15, -0.1) is 0 Å². The van der Waals surface area contributed by atoms with Gasteiger partial charge in [0.15, 0.2) is 0 Å². The Balaban J connectivity index is 2.09. The van der Waals surface area contributed by atoms with Crippen LogP contribution in [0.2, 0.25) is 5.02 Å². The zero-order valence-corrected chi connectivity index (χ0v) is 15.8. The molecule has 0 aliphatic carbocycles. The van der Waals surface area contributed by atoms with Crippen molar-refractivity contribution in [1.82, 2.24) is 0 Å². The van der Waals surface area contributed by atoms with Crippen LogP contribution in [0.1, 0.15) is 38.3 Å². The minimum Gasteiger partial charge on any atom is -0.492 e. The number of rotatable bonds is 8. The average Bonchev–Trinajstić information content (AvgIpc) is 2.60. The Bertz CT molecular complexity index is 696. The lowest BCUT2D eigenvalue weighted by molar-refractivity contribution is -0.143. The van der Waals surface area contributed by atoms with Crippen molar-refractivity contribution >= 4 is 17.6 Å². The highest BCUT2D eigenvalue weighted by Gasteiger charge is 2.22. The normalized spacial score (nSPS) is 11.2. The fourth-order valence-corrected chi connectivity index (χ4v) is 2.87. The summed E-state index contributed by atoms with van der Waals surface area (Å²) in [6, 6.07) is 15.8. The van der Waals surface area contributed by atoms with Gasteiger partial charge < -0.3 is 9.47 Å². The SMILES string of the molecule is CCOC(=O)CCc1c(Cl)cccc1OCC(C)(C)c1ccccc1. The summed E-state index contributed by atoms with van der Waals surface area (Å²) in [5, 5.41) is 0.610. The molecular weight excluding hydrogens is 336 g/mol. The Morgan fingerprint density at radius 3 is 2.48 bits per heavy atom. The Kier molecular flexibility index (Phi) is 6.89. The zero-order chi connectivity index (χ0) is 18.3. The maximum absolute atomic E-state index is 11.6. The van der Waals surface area contributed by atoms with E-state index in [-0.39, 0.29) is 17.8 Å². The molecule has 0 fully saturated rings. The van der Waals surface area contributed by atoms with E-state index in [1.807, 2.05) is 36.4 Å². The van der Waals surface area contributed by atoms with Crippen molar-refractivity contribution in [2.75, 3.05) is 13.2 Å². The van der Waals surface area contributed by atoms with Crippen molar-refractivity contribution in [3.63, 3.8) is 0 Å². The Hall–Kier alpha value is -2.00. The van der Waals surface area contributed by atoms with Crippen LogP contribution in [-0.2, 0) is 21.4 Å². The minimum absolute atomic E-state index is 0.137. The third kappa shape index (κ3) is 5.50. The summed E-state index contributed by atoms with van der Waals surface area (Å²) in [4.78, 5) is 11.6. The number of halogens is 1. The van der Waals surface area contributed by atoms with Gasteiger partial charge in [-0.05, 0) is 31.0 Å². The first kappa shape index (κ1) is 19.3. The molecule has 134 valence electrons. The van der Waals surface area contributed by atoms with Gasteiger partial charge >= 0.3 is 5.97 Å². The first-order valence-corrected chi connectivity index (χ1v) is 8.93. The molecule has 0 heterocycles. The first-order valence-electron chi connectivity index (χ1n) is 8.55. The summed E-state index contributed by atoms with van der Waals surface area (Å²) in [5.41, 5.74) is 1.92. The van der Waals surface area contributed by atoms with Crippen molar-refractivity contribution in [2.24, 2.45) is 0 Å². The number of benzene rings is 2. The summed E-state index contributed by atoms with van der Waals surface area (Å²) < 4.78 is 11.1. The number of carbonyl (C=O) groups is 1. The highest BCUT2D eigenvalue weighted by atomic mass is 35.5. The van der Waals surface area contributed by atoms with Gasteiger partial charge in [0.05, 0.1) is 13.2 Å². The van der Waals surface area contributed by atoms with E-state index in [2.05, 4.69) is 26.0 Å². The second-order valence-corrected chi connectivity index (χ2v) is 6.97. The molecular formula is C21H25ClO3. The fraction of sp³-hybridized carbons (Fsp3) is 0.381. The van der Waals surface area contributed by atoms with Crippen LogP contribution in [0.15, 0.2) is 48.5 Å². The molecule has 4 heteroatoms. The highest BCUT2D eigenvalue weighted by Crippen LogP contribution is 2.30. The molecule has 0 bridgehead atoms. The lowest BCUT2D eigenvalue weighted by Gasteiger charge is -2.26. The number of carbonyl (C=O) groups excluding carboxylic acids is 1. The molecule has 2 aromatic carbocycles. The number of ether oxygens (including phenoxy) is 2. The lowest BCUT2D eigenvalue weighted by Crippen LogP contribution is -2.26. The Labute approximate surface area is 154 Å². The Morgan fingerprint density at radius 1 is 1.08 bits per heavy atom. The molecule has 2 rings (SSSR count). The summed E-state index contributed by atoms with van der Waals surface area (Å²) in [6.45, 7) is 6.99. The van der Waals surface area contributed by atoms with Crippen LogP contribution in [0.5, 0.6) is 5.75 Å². The zero-order valence-electron chi connectivity index (χ0n) is 15.0. The quantitative estimate of drug-likeness (QED) is 0.607. The second-order valence-electron chi connectivity index (χ2n) is 6.56. The molecule has 0 saturated carbocycles. The predicted octanol–water partition coefficient (Wildman–Crippen LogP) is 5.19. The highest BCUT2D eigenvalue weighted by molar-refractivity contribution is 6.31. The van der Waals surface area contributed by atoms with E-state index in [0.29, 0.717) is 24.7 Å². The number of esters is 1. The molecule has 2 aromatic rings. The lowest BCUT2D eigenvalue weighted by atomic mass is 9.85. The van der Waals surface area contributed by atoms with Crippen LogP contribution in [0.25, 0.3) is 0 Å². The molecule has 0 N–H and O–H groups in total. The van der Waals surface area contributed by atoms with Crippen LogP contribution in [0, 0.1) is 0 Å². The van der Waals surface area contributed by atoms with Crippen LogP contribution in [-0.4, -0.2) is 19.2 Å². The third-order valence-corrected chi connectivity index (χ3v) is 4.46. The molecule has 0 radical (unpaired) electrons. The second kappa shape index (κ2) is 8.91. The van der Waals surface area contributed by atoms with Gasteiger partial charge in [-0.25, -0.2) is 0 Å². The molecule has 3 nitrogen and oxygen atoms in total. The molecule has 25 heavy (non-hydrogen) atoms. The molecule has 0 aliphatic heterocycles. The minimum atomic E-state index is -0.224. The van der Waals surface area contributed by atoms with Gasteiger partial charge in [-0.2, -0.15) is 0 Å². The van der Waals surface area contributed by atoms with Crippen LogP contribution in [0.3, 0.4) is 0 Å². The molecule has 0 saturated heterocycles. The molecule has 0 aliphatic rings. The largest absolute Gasteiger partial charge is 0.492 e. The van der Waals surface area contributed by atoms with E-state index < -0.39 is 0 Å². The van der Waals surface area contributed by atoms with Crippen molar-refractivity contribution in [3.05, 3.63) is 64.7 Å². The van der Waals surface area contributed by atoms with Gasteiger partial charge in [0, 0.05) is 22.4 Å². The summed E-state index contributed by atoms with van der Waals surface area (Å²) >= 11 is 6.32. The van der Waals surface area contributed by atoms with E-state index in [0.717, 1.165) is 11.3 Å². The molecule has 0 unspecified atom stereocenters. The topological polar surface area (TPSA) is 35.5 Å². The molecule has 0 amide bonds. The monoisotopic (exact) mass is 360 g/mol. The van der Waals surface area contributed by atoms with Gasteiger partial charge in [0.2, 0.25) is 0 Å². The van der Waals surface area contributed by atoms with Crippen molar-refractivity contribution in [2.45, 2.75) is 39.0 Å². The third-order valence-electron chi connectivity index (χ3n) is 4.10. The van der Waals surface area contributed by atoms with Crippen LogP contribution in [0.4, 0.5) is 0 Å². The van der Waals surface area contributed by atoms with Crippen LogP contribution < -0.4 is 4.74 Å². The van der Waals surface area contributed by atoms with Crippen molar-refractivity contribution < 1.29 is 14.3 Å². The predicted molar refractivity (Wildman–Crippen MR) is 101 cm³/mol. The smallest absolute Gasteiger partial charge is 0.306 e. The molecule has 0 atom stereocenters. The van der Waals surface area contributed by atoms with Crippen LogP contribution >= 0.6 is 11.6 Å². The van der Waals surface area contributed by atoms with E-state index >= 15 is 0 Å². The van der Waals surface area contributed by atoms with Gasteiger partial charge in [-0.1, -0.05) is 61.8 Å².